The molecule has 0 atom stereocenters. The molecule has 2 aromatic rings. The average Bonchev–Trinajstić information content (AvgIpc) is 2.68. The molecule has 0 saturated carbocycles. The molecule has 156 valence electrons. The van der Waals surface area contributed by atoms with Crippen molar-refractivity contribution in [2.45, 2.75) is 6.92 Å². The van der Waals surface area contributed by atoms with Gasteiger partial charge in [0.25, 0.3) is 5.91 Å². The lowest BCUT2D eigenvalue weighted by Gasteiger charge is -2.34. The summed E-state index contributed by atoms with van der Waals surface area (Å²) >= 11 is 0. The molecule has 2 heterocycles. The number of hydrogen-bond acceptors (Lipinski definition) is 7. The third-order valence-electron chi connectivity index (χ3n) is 4.92. The van der Waals surface area contributed by atoms with Gasteiger partial charge in [-0.2, -0.15) is 0 Å². The third-order valence-corrected chi connectivity index (χ3v) is 4.92. The minimum atomic E-state index is -0.189. The van der Waals surface area contributed by atoms with Gasteiger partial charge in [0.1, 0.15) is 17.3 Å². The summed E-state index contributed by atoms with van der Waals surface area (Å²) in [6.07, 6.45) is 0. The molecule has 1 fully saturated rings. The quantitative estimate of drug-likeness (QED) is 0.734. The Balaban J connectivity index is 1.63. The van der Waals surface area contributed by atoms with Gasteiger partial charge in [-0.3, -0.25) is 4.79 Å². The number of benzene rings is 1. The molecule has 0 radical (unpaired) electrons. The van der Waals surface area contributed by atoms with Crippen LogP contribution in [0.15, 0.2) is 30.3 Å². The van der Waals surface area contributed by atoms with Crippen LogP contribution in [0.25, 0.3) is 0 Å². The highest BCUT2D eigenvalue weighted by atomic mass is 16.1. The summed E-state index contributed by atoms with van der Waals surface area (Å²) in [6, 6.07) is 10.0. The number of likely N-dealkylation sites (N-methyl/N-ethyl adjacent to an activating group) is 2. The van der Waals surface area contributed by atoms with Crippen LogP contribution in [0.4, 0.5) is 17.2 Å². The van der Waals surface area contributed by atoms with E-state index in [0.29, 0.717) is 23.9 Å². The highest BCUT2D eigenvalue weighted by molar-refractivity contribution is 5.93. The van der Waals surface area contributed by atoms with Crippen LogP contribution in [-0.2, 0) is 0 Å². The smallest absolute Gasteiger partial charge is 0.270 e. The van der Waals surface area contributed by atoms with Gasteiger partial charge in [0.05, 0.1) is 0 Å². The second-order valence-corrected chi connectivity index (χ2v) is 7.71. The number of aryl methyl sites for hydroxylation is 1. The Morgan fingerprint density at radius 1 is 1.10 bits per heavy atom. The number of nitrogens with one attached hydrogen (secondary N) is 2. The summed E-state index contributed by atoms with van der Waals surface area (Å²) in [6.45, 7) is 7.39. The maximum Gasteiger partial charge on any atom is 0.270 e. The molecule has 1 aromatic heterocycles. The molecule has 29 heavy (non-hydrogen) atoms. The average molecular weight is 398 g/mol. The van der Waals surface area contributed by atoms with Crippen molar-refractivity contribution in [1.82, 2.24) is 25.1 Å². The lowest BCUT2D eigenvalue weighted by atomic mass is 10.2. The highest BCUT2D eigenvalue weighted by Gasteiger charge is 2.14. The van der Waals surface area contributed by atoms with Gasteiger partial charge < -0.3 is 25.3 Å². The minimum absolute atomic E-state index is 0.189. The van der Waals surface area contributed by atoms with Crippen LogP contribution < -0.4 is 15.5 Å². The van der Waals surface area contributed by atoms with Crippen molar-refractivity contribution in [2.75, 3.05) is 70.6 Å². The van der Waals surface area contributed by atoms with Crippen LogP contribution in [0.2, 0.25) is 0 Å². The molecule has 8 nitrogen and oxygen atoms in total. The zero-order valence-corrected chi connectivity index (χ0v) is 17.8. The van der Waals surface area contributed by atoms with Gasteiger partial charge in [0.2, 0.25) is 0 Å². The molecule has 0 aliphatic carbocycles. The van der Waals surface area contributed by atoms with E-state index in [-0.39, 0.29) is 5.91 Å². The molecular weight excluding hydrogens is 366 g/mol. The van der Waals surface area contributed by atoms with E-state index in [1.54, 1.807) is 13.0 Å². The Hall–Kier alpha value is -2.71. The summed E-state index contributed by atoms with van der Waals surface area (Å²) in [5.41, 5.74) is 2.52. The number of anilines is 3. The molecule has 2 N–H and O–H groups in total. The number of hydrogen-bond donors (Lipinski definition) is 2. The van der Waals surface area contributed by atoms with Crippen molar-refractivity contribution < 1.29 is 4.79 Å². The number of piperazine rings is 1. The second-order valence-electron chi connectivity index (χ2n) is 7.71. The number of nitrogens with zero attached hydrogens (tertiary/aromatic N) is 5. The number of carbonyl (C=O) groups is 1. The standard InChI is InChI=1S/C21H31N7O/c1-16-23-19(21(29)22-9-10-26(2)3)15-20(24-16)25-17-5-7-18(8-6-17)28-13-11-27(4)12-14-28/h5-8,15H,9-14H2,1-4H3,(H,22,29)(H,23,24,25). The summed E-state index contributed by atoms with van der Waals surface area (Å²) < 4.78 is 0. The van der Waals surface area contributed by atoms with E-state index in [1.165, 1.54) is 5.69 Å². The van der Waals surface area contributed by atoms with Gasteiger partial charge in [-0.25, -0.2) is 9.97 Å². The molecule has 0 bridgehead atoms. The first-order valence-electron chi connectivity index (χ1n) is 10.00. The Morgan fingerprint density at radius 2 is 1.79 bits per heavy atom. The van der Waals surface area contributed by atoms with Crippen LogP contribution in [0, 0.1) is 6.92 Å². The predicted molar refractivity (Wildman–Crippen MR) is 117 cm³/mol. The van der Waals surface area contributed by atoms with Crippen molar-refractivity contribution >= 4 is 23.1 Å². The topological polar surface area (TPSA) is 76.6 Å². The fraction of sp³-hybridized carbons (Fsp3) is 0.476. The van der Waals surface area contributed by atoms with Gasteiger partial charge in [0, 0.05) is 56.7 Å². The van der Waals surface area contributed by atoms with Gasteiger partial charge in [-0.05, 0) is 52.3 Å². The number of rotatable bonds is 7. The van der Waals surface area contributed by atoms with E-state index < -0.39 is 0 Å². The van der Waals surface area contributed by atoms with Crippen LogP contribution in [-0.4, -0.2) is 86.1 Å². The first kappa shape index (κ1) is 21.0. The van der Waals surface area contributed by atoms with Gasteiger partial charge >= 0.3 is 0 Å². The zero-order valence-electron chi connectivity index (χ0n) is 17.8. The third kappa shape index (κ3) is 6.13. The molecule has 1 amide bonds. The van der Waals surface area contributed by atoms with E-state index in [1.807, 2.05) is 31.1 Å². The van der Waals surface area contributed by atoms with Crippen LogP contribution in [0.3, 0.4) is 0 Å². The lowest BCUT2D eigenvalue weighted by molar-refractivity contribution is 0.0945. The zero-order chi connectivity index (χ0) is 20.8. The maximum atomic E-state index is 12.4. The van der Waals surface area contributed by atoms with Gasteiger partial charge in [-0.1, -0.05) is 0 Å². The summed E-state index contributed by atoms with van der Waals surface area (Å²) in [5.74, 6) is 0.982. The van der Waals surface area contributed by atoms with E-state index in [4.69, 9.17) is 0 Å². The lowest BCUT2D eigenvalue weighted by Crippen LogP contribution is -2.44. The Kier molecular flexibility index (Phi) is 7.00. The van der Waals surface area contributed by atoms with Crippen LogP contribution >= 0.6 is 0 Å². The normalized spacial score (nSPS) is 14.9. The molecule has 8 heteroatoms. The van der Waals surface area contributed by atoms with Crippen LogP contribution in [0.1, 0.15) is 16.3 Å². The van der Waals surface area contributed by atoms with Gasteiger partial charge in [0.15, 0.2) is 0 Å². The van der Waals surface area contributed by atoms with Gasteiger partial charge in [-0.15, -0.1) is 0 Å². The van der Waals surface area contributed by atoms with E-state index in [9.17, 15) is 4.79 Å². The van der Waals surface area contributed by atoms with Crippen LogP contribution in [0.5, 0.6) is 0 Å². The Bertz CT molecular complexity index is 814. The van der Waals surface area contributed by atoms with E-state index in [0.717, 1.165) is 38.4 Å². The number of carbonyl (C=O) groups excluding carboxylic acids is 1. The fourth-order valence-electron chi connectivity index (χ4n) is 3.20. The van der Waals surface area contributed by atoms with E-state index in [2.05, 4.69) is 49.6 Å². The van der Waals surface area contributed by atoms with E-state index >= 15 is 0 Å². The largest absolute Gasteiger partial charge is 0.369 e. The first-order chi connectivity index (χ1) is 13.9. The van der Waals surface area contributed by atoms with Crippen molar-refractivity contribution in [3.8, 4) is 0 Å². The first-order valence-corrected chi connectivity index (χ1v) is 10.00. The minimum Gasteiger partial charge on any atom is -0.369 e. The van der Waals surface area contributed by atoms with Crippen molar-refractivity contribution in [1.29, 1.82) is 0 Å². The maximum absolute atomic E-state index is 12.4. The monoisotopic (exact) mass is 397 g/mol. The summed E-state index contributed by atoms with van der Waals surface area (Å²) in [4.78, 5) is 27.8. The number of aromatic nitrogens is 2. The summed E-state index contributed by atoms with van der Waals surface area (Å²) in [7, 11) is 6.10. The van der Waals surface area contributed by atoms with Crippen molar-refractivity contribution in [3.05, 3.63) is 41.9 Å². The molecule has 1 saturated heterocycles. The van der Waals surface area contributed by atoms with Crippen molar-refractivity contribution in [3.63, 3.8) is 0 Å². The predicted octanol–water partition coefficient (Wildman–Crippen LogP) is 1.57. The molecule has 0 unspecified atom stereocenters. The molecule has 0 spiro atoms. The highest BCUT2D eigenvalue weighted by Crippen LogP contribution is 2.21. The number of amides is 1. The molecular formula is C21H31N7O. The SMILES string of the molecule is Cc1nc(Nc2ccc(N3CCN(C)CC3)cc2)cc(C(=O)NCCN(C)C)n1. The Morgan fingerprint density at radius 3 is 2.45 bits per heavy atom. The molecule has 3 rings (SSSR count). The molecule has 1 aliphatic rings. The van der Waals surface area contributed by atoms with Crippen molar-refractivity contribution in [2.24, 2.45) is 0 Å². The fourth-order valence-corrected chi connectivity index (χ4v) is 3.20. The summed E-state index contributed by atoms with van der Waals surface area (Å²) in [5, 5.41) is 6.17. The Labute approximate surface area is 172 Å². The molecule has 1 aliphatic heterocycles. The molecule has 1 aromatic carbocycles. The second kappa shape index (κ2) is 9.67.